The average molecular weight is 438 g/mol. The van der Waals surface area contributed by atoms with Crippen LogP contribution in [-0.2, 0) is 6.18 Å². The summed E-state index contributed by atoms with van der Waals surface area (Å²) in [6.07, 6.45) is -4.94. The van der Waals surface area contributed by atoms with Crippen molar-refractivity contribution in [1.82, 2.24) is 20.3 Å². The molecule has 1 unspecified atom stereocenters. The van der Waals surface area contributed by atoms with Crippen LogP contribution in [0.4, 0.5) is 17.6 Å². The Morgan fingerprint density at radius 2 is 1.77 bits per heavy atom. The summed E-state index contributed by atoms with van der Waals surface area (Å²) < 4.78 is 65.3. The average Bonchev–Trinajstić information content (AvgIpc) is 3.19. The van der Waals surface area contributed by atoms with Gasteiger partial charge in [0, 0.05) is 5.56 Å². The van der Waals surface area contributed by atoms with Crippen LogP contribution in [0.1, 0.15) is 34.7 Å². The second-order valence-corrected chi connectivity index (χ2v) is 6.48. The SMILES string of the molecule is COc1ccc(OC)c(C(C)NC(=O)c2nnn(-c3ccc(F)cc3)c2C(F)(F)F)c1. The molecule has 7 nitrogen and oxygen atoms in total. The summed E-state index contributed by atoms with van der Waals surface area (Å²) >= 11 is 0. The molecule has 3 rings (SSSR count). The van der Waals surface area contributed by atoms with Gasteiger partial charge in [-0.2, -0.15) is 13.2 Å². The summed E-state index contributed by atoms with van der Waals surface area (Å²) in [6, 6.07) is 8.28. The van der Waals surface area contributed by atoms with E-state index in [0.29, 0.717) is 21.7 Å². The first-order valence-electron chi connectivity index (χ1n) is 8.97. The van der Waals surface area contributed by atoms with Crippen molar-refractivity contribution in [3.05, 3.63) is 65.2 Å². The molecule has 3 aromatic rings. The Morgan fingerprint density at radius 1 is 1.10 bits per heavy atom. The van der Waals surface area contributed by atoms with Gasteiger partial charge in [0.2, 0.25) is 0 Å². The molecule has 1 N–H and O–H groups in total. The highest BCUT2D eigenvalue weighted by Crippen LogP contribution is 2.34. The molecule has 1 atom stereocenters. The van der Waals surface area contributed by atoms with Crippen LogP contribution in [0.15, 0.2) is 42.5 Å². The number of nitrogens with one attached hydrogen (secondary N) is 1. The Morgan fingerprint density at radius 3 is 2.35 bits per heavy atom. The fraction of sp³-hybridized carbons (Fsp3) is 0.250. The van der Waals surface area contributed by atoms with Gasteiger partial charge >= 0.3 is 6.18 Å². The lowest BCUT2D eigenvalue weighted by Gasteiger charge is -2.18. The van der Waals surface area contributed by atoms with Gasteiger partial charge in [0.15, 0.2) is 11.4 Å². The summed E-state index contributed by atoms with van der Waals surface area (Å²) in [7, 11) is 2.88. The predicted molar refractivity (Wildman–Crippen MR) is 102 cm³/mol. The fourth-order valence-corrected chi connectivity index (χ4v) is 2.97. The van der Waals surface area contributed by atoms with Crippen molar-refractivity contribution in [2.24, 2.45) is 0 Å². The molecule has 0 fully saturated rings. The van der Waals surface area contributed by atoms with Gasteiger partial charge in [0.25, 0.3) is 5.91 Å². The third-order valence-corrected chi connectivity index (χ3v) is 4.48. The summed E-state index contributed by atoms with van der Waals surface area (Å²) in [4.78, 5) is 12.7. The normalized spacial score (nSPS) is 12.4. The number of carbonyl (C=O) groups is 1. The van der Waals surface area contributed by atoms with Crippen molar-refractivity contribution in [3.8, 4) is 17.2 Å². The number of nitrogens with zero attached hydrogens (tertiary/aromatic N) is 3. The Balaban J connectivity index is 1.96. The van der Waals surface area contributed by atoms with Crippen LogP contribution in [0.2, 0.25) is 0 Å². The van der Waals surface area contributed by atoms with E-state index in [-0.39, 0.29) is 5.69 Å². The number of carbonyl (C=O) groups excluding carboxylic acids is 1. The fourth-order valence-electron chi connectivity index (χ4n) is 2.97. The van der Waals surface area contributed by atoms with Gasteiger partial charge in [-0.15, -0.1) is 5.10 Å². The van der Waals surface area contributed by atoms with Crippen molar-refractivity contribution in [2.75, 3.05) is 14.2 Å². The first kappa shape index (κ1) is 22.1. The maximum Gasteiger partial charge on any atom is 0.435 e. The first-order chi connectivity index (χ1) is 14.7. The molecule has 2 aromatic carbocycles. The maximum absolute atomic E-state index is 13.8. The van der Waals surface area contributed by atoms with Gasteiger partial charge in [-0.05, 0) is 49.4 Å². The number of benzene rings is 2. The van der Waals surface area contributed by atoms with Crippen LogP contribution >= 0.6 is 0 Å². The molecule has 11 heteroatoms. The third kappa shape index (κ3) is 4.60. The topological polar surface area (TPSA) is 78.3 Å². The minimum atomic E-state index is -4.94. The van der Waals surface area contributed by atoms with Crippen molar-refractivity contribution < 1.29 is 31.8 Å². The number of amides is 1. The molecule has 1 aromatic heterocycles. The third-order valence-electron chi connectivity index (χ3n) is 4.48. The Kier molecular flexibility index (Phi) is 6.14. The van der Waals surface area contributed by atoms with E-state index in [2.05, 4.69) is 15.6 Å². The molecule has 0 aliphatic carbocycles. The highest BCUT2D eigenvalue weighted by atomic mass is 19.4. The monoisotopic (exact) mass is 438 g/mol. The zero-order valence-electron chi connectivity index (χ0n) is 16.7. The number of methoxy groups -OCH3 is 2. The highest BCUT2D eigenvalue weighted by molar-refractivity contribution is 5.94. The summed E-state index contributed by atoms with van der Waals surface area (Å²) in [6.45, 7) is 1.58. The molecule has 1 amide bonds. The molecule has 0 aliphatic heterocycles. The molecular formula is C20H18F4N4O3. The number of aromatic nitrogens is 3. The quantitative estimate of drug-likeness (QED) is 0.590. The Bertz CT molecular complexity index is 1080. The van der Waals surface area contributed by atoms with E-state index in [1.807, 2.05) is 0 Å². The number of hydrogen-bond acceptors (Lipinski definition) is 5. The van der Waals surface area contributed by atoms with Crippen LogP contribution in [0.5, 0.6) is 11.5 Å². The second kappa shape index (κ2) is 8.62. The van der Waals surface area contributed by atoms with E-state index in [9.17, 15) is 22.4 Å². The standard InChI is InChI=1S/C20H18F4N4O3/c1-11(15-10-14(30-2)8-9-16(15)31-3)25-19(29)17-18(20(22,23)24)28(27-26-17)13-6-4-12(21)5-7-13/h4-11H,1-3H3,(H,25,29). The lowest BCUT2D eigenvalue weighted by molar-refractivity contribution is -0.143. The molecule has 31 heavy (non-hydrogen) atoms. The number of rotatable bonds is 6. The van der Waals surface area contributed by atoms with Crippen LogP contribution in [-0.4, -0.2) is 35.1 Å². The van der Waals surface area contributed by atoms with Crippen molar-refractivity contribution in [2.45, 2.75) is 19.1 Å². The molecule has 1 heterocycles. The maximum atomic E-state index is 13.8. The van der Waals surface area contributed by atoms with Gasteiger partial charge in [0.1, 0.15) is 17.3 Å². The minimum Gasteiger partial charge on any atom is -0.497 e. The summed E-state index contributed by atoms with van der Waals surface area (Å²) in [5.41, 5.74) is -1.88. The largest absolute Gasteiger partial charge is 0.497 e. The summed E-state index contributed by atoms with van der Waals surface area (Å²) in [5.74, 6) is -0.816. The summed E-state index contributed by atoms with van der Waals surface area (Å²) in [5, 5.41) is 9.37. The van der Waals surface area contributed by atoms with E-state index in [0.717, 1.165) is 24.3 Å². The number of alkyl halides is 3. The lowest BCUT2D eigenvalue weighted by Crippen LogP contribution is -2.30. The molecule has 0 spiro atoms. The van der Waals surface area contributed by atoms with Crippen LogP contribution < -0.4 is 14.8 Å². The first-order valence-corrected chi connectivity index (χ1v) is 8.97. The zero-order chi connectivity index (χ0) is 22.8. The van der Waals surface area contributed by atoms with Crippen molar-refractivity contribution >= 4 is 5.91 Å². The second-order valence-electron chi connectivity index (χ2n) is 6.48. The smallest absolute Gasteiger partial charge is 0.435 e. The van der Waals surface area contributed by atoms with E-state index in [4.69, 9.17) is 9.47 Å². The van der Waals surface area contributed by atoms with E-state index < -0.39 is 35.3 Å². The van der Waals surface area contributed by atoms with Gasteiger partial charge in [-0.25, -0.2) is 9.07 Å². The molecule has 0 radical (unpaired) electrons. The van der Waals surface area contributed by atoms with Crippen molar-refractivity contribution in [3.63, 3.8) is 0 Å². The van der Waals surface area contributed by atoms with E-state index in [1.54, 1.807) is 25.1 Å². The van der Waals surface area contributed by atoms with Crippen LogP contribution in [0.3, 0.4) is 0 Å². The van der Waals surface area contributed by atoms with Gasteiger partial charge < -0.3 is 14.8 Å². The lowest BCUT2D eigenvalue weighted by atomic mass is 10.1. The molecular weight excluding hydrogens is 420 g/mol. The molecule has 0 saturated heterocycles. The highest BCUT2D eigenvalue weighted by Gasteiger charge is 2.42. The number of halogens is 4. The number of hydrogen-bond donors (Lipinski definition) is 1. The van der Waals surface area contributed by atoms with E-state index in [1.165, 1.54) is 14.2 Å². The zero-order valence-corrected chi connectivity index (χ0v) is 16.7. The van der Waals surface area contributed by atoms with Gasteiger partial charge in [-0.3, -0.25) is 4.79 Å². The van der Waals surface area contributed by atoms with Crippen LogP contribution in [0, 0.1) is 5.82 Å². The minimum absolute atomic E-state index is 0.0946. The van der Waals surface area contributed by atoms with Crippen molar-refractivity contribution in [1.29, 1.82) is 0 Å². The van der Waals surface area contributed by atoms with Gasteiger partial charge in [-0.1, -0.05) is 5.21 Å². The molecule has 164 valence electrons. The van der Waals surface area contributed by atoms with Gasteiger partial charge in [0.05, 0.1) is 25.9 Å². The Hall–Kier alpha value is -3.63. The predicted octanol–water partition coefficient (Wildman–Crippen LogP) is 3.93. The molecule has 0 aliphatic rings. The molecule has 0 saturated carbocycles. The van der Waals surface area contributed by atoms with Crippen LogP contribution in [0.25, 0.3) is 5.69 Å². The number of ether oxygens (including phenoxy) is 2. The Labute approximate surface area is 174 Å². The van der Waals surface area contributed by atoms with E-state index >= 15 is 0 Å². The molecule has 0 bridgehead atoms.